The zero-order valence-electron chi connectivity index (χ0n) is 19.7. The summed E-state index contributed by atoms with van der Waals surface area (Å²) in [6.45, 7) is 2.52. The van der Waals surface area contributed by atoms with Crippen LogP contribution in [0.5, 0.6) is 5.75 Å². The lowest BCUT2D eigenvalue weighted by Crippen LogP contribution is -2.46. The van der Waals surface area contributed by atoms with Crippen molar-refractivity contribution >= 4 is 33.3 Å². The molecule has 35 heavy (non-hydrogen) atoms. The summed E-state index contributed by atoms with van der Waals surface area (Å²) in [4.78, 5) is 16.5. The van der Waals surface area contributed by atoms with E-state index in [-0.39, 0.29) is 36.2 Å². The van der Waals surface area contributed by atoms with Gasteiger partial charge in [-0.1, -0.05) is 28.9 Å². The van der Waals surface area contributed by atoms with E-state index in [4.69, 9.17) is 32.0 Å². The van der Waals surface area contributed by atoms with E-state index in [1.165, 1.54) is 29.1 Å². The summed E-state index contributed by atoms with van der Waals surface area (Å²) >= 11 is 5.72. The number of rotatable bonds is 6. The van der Waals surface area contributed by atoms with Gasteiger partial charge in [0, 0.05) is 43.4 Å². The van der Waals surface area contributed by atoms with Crippen molar-refractivity contribution in [1.82, 2.24) is 4.31 Å². The molecule has 4 rings (SSSR count). The number of hydrogen-bond acceptors (Lipinski definition) is 7. The molecule has 2 aliphatic heterocycles. The molecule has 190 valence electrons. The Kier molecular flexibility index (Phi) is 8.76. The molecule has 11 heteroatoms. The molecule has 1 saturated heterocycles. The molecule has 0 saturated carbocycles. The van der Waals surface area contributed by atoms with Crippen molar-refractivity contribution in [3.8, 4) is 5.75 Å². The van der Waals surface area contributed by atoms with Crippen LogP contribution in [0.3, 0.4) is 0 Å². The highest BCUT2D eigenvalue weighted by Crippen LogP contribution is 2.36. The lowest BCUT2D eigenvalue weighted by Gasteiger charge is -2.36. The van der Waals surface area contributed by atoms with E-state index in [1.807, 2.05) is 31.2 Å². The Morgan fingerprint density at radius 1 is 1.20 bits per heavy atom. The first-order valence-electron chi connectivity index (χ1n) is 11.2. The van der Waals surface area contributed by atoms with Gasteiger partial charge >= 0.3 is 5.97 Å². The molecule has 2 aliphatic rings. The van der Waals surface area contributed by atoms with E-state index in [1.54, 1.807) is 12.1 Å². The molecule has 0 bridgehead atoms. The van der Waals surface area contributed by atoms with E-state index in [2.05, 4.69) is 5.16 Å². The first kappa shape index (κ1) is 26.9. The van der Waals surface area contributed by atoms with Crippen molar-refractivity contribution in [3.63, 3.8) is 0 Å². The topological polar surface area (TPSA) is 132 Å². The summed E-state index contributed by atoms with van der Waals surface area (Å²) in [7, 11) is -2.08. The molecule has 0 amide bonds. The van der Waals surface area contributed by atoms with Gasteiger partial charge in [0.15, 0.2) is 5.71 Å². The van der Waals surface area contributed by atoms with Gasteiger partial charge in [0.2, 0.25) is 10.0 Å². The summed E-state index contributed by atoms with van der Waals surface area (Å²) < 4.78 is 31.8. The minimum absolute atomic E-state index is 0.0125. The number of carboxylic acid groups (broad SMARTS) is 1. The van der Waals surface area contributed by atoms with Gasteiger partial charge in [0.05, 0.1) is 12.0 Å². The number of nitrogens with two attached hydrogens (primary N) is 1. The Balaban J connectivity index is 0.000000261. The number of ether oxygens (including phenoxy) is 1. The molecule has 3 N–H and O–H groups in total. The number of piperidine rings is 1. The maximum atomic E-state index is 12.7. The highest BCUT2D eigenvalue weighted by atomic mass is 35.5. The number of sulfonamides is 1. The fraction of sp³-hybridized carbons (Fsp3) is 0.417. The molecule has 1 fully saturated rings. The standard InChI is InChI=1S/C15H18N2O6S.C9H12ClN/c1-22-11-2-4-12(5-3-11)24(20,21)17-8-6-15(7-9-17)10-13(14(18)19)16-23-15;1-7(11)6-8-2-4-9(10)5-3-8/h2-5H,6-10H2,1H3,(H,18,19);2-5,7H,6,11H2,1H3. The predicted molar refractivity (Wildman–Crippen MR) is 133 cm³/mol. The van der Waals surface area contributed by atoms with Gasteiger partial charge < -0.3 is 20.4 Å². The first-order valence-corrected chi connectivity index (χ1v) is 13.0. The average Bonchev–Trinajstić information content (AvgIpc) is 3.25. The number of benzene rings is 2. The van der Waals surface area contributed by atoms with Crippen LogP contribution in [0, 0.1) is 0 Å². The number of halogens is 1. The van der Waals surface area contributed by atoms with Crippen molar-refractivity contribution in [1.29, 1.82) is 0 Å². The Morgan fingerprint density at radius 2 is 1.80 bits per heavy atom. The normalized spacial score (nSPS) is 18.1. The molecule has 9 nitrogen and oxygen atoms in total. The molecule has 2 aromatic rings. The first-order chi connectivity index (χ1) is 16.5. The summed E-state index contributed by atoms with van der Waals surface area (Å²) in [6.07, 6.45) is 1.93. The lowest BCUT2D eigenvalue weighted by molar-refractivity contribution is -0.129. The van der Waals surface area contributed by atoms with Crippen molar-refractivity contribution in [3.05, 3.63) is 59.1 Å². The number of aliphatic carboxylic acids is 1. The molecule has 0 radical (unpaired) electrons. The fourth-order valence-corrected chi connectivity index (χ4v) is 5.49. The zero-order valence-corrected chi connectivity index (χ0v) is 21.3. The zero-order chi connectivity index (χ0) is 25.6. The smallest absolute Gasteiger partial charge is 0.353 e. The fourth-order valence-electron chi connectivity index (χ4n) is 3.93. The third-order valence-corrected chi connectivity index (χ3v) is 8.05. The second-order valence-corrected chi connectivity index (χ2v) is 11.1. The van der Waals surface area contributed by atoms with Crippen LogP contribution in [0.15, 0.2) is 58.6 Å². The minimum Gasteiger partial charge on any atom is -0.497 e. The largest absolute Gasteiger partial charge is 0.497 e. The molecule has 2 aromatic carbocycles. The molecular formula is C24H30ClN3O6S. The monoisotopic (exact) mass is 523 g/mol. The molecule has 1 atom stereocenters. The summed E-state index contributed by atoms with van der Waals surface area (Å²) in [6, 6.07) is 14.2. The molecule has 0 aromatic heterocycles. The van der Waals surface area contributed by atoms with Crippen LogP contribution in [0.4, 0.5) is 0 Å². The summed E-state index contributed by atoms with van der Waals surface area (Å²) in [5, 5.41) is 13.4. The van der Waals surface area contributed by atoms with Gasteiger partial charge in [-0.25, -0.2) is 13.2 Å². The SMILES string of the molecule is CC(N)Cc1ccc(Cl)cc1.COc1ccc(S(=O)(=O)N2CCC3(CC2)CC(C(=O)O)=NO3)cc1. The van der Waals surface area contributed by atoms with Crippen molar-refractivity contribution < 1.29 is 27.9 Å². The van der Waals surface area contributed by atoms with E-state index in [9.17, 15) is 13.2 Å². The summed E-state index contributed by atoms with van der Waals surface area (Å²) in [5.74, 6) is -0.510. The number of carbonyl (C=O) groups is 1. The van der Waals surface area contributed by atoms with Gasteiger partial charge in [-0.3, -0.25) is 0 Å². The van der Waals surface area contributed by atoms with E-state index >= 15 is 0 Å². The van der Waals surface area contributed by atoms with E-state index in [0.717, 1.165) is 11.4 Å². The maximum absolute atomic E-state index is 12.7. The quantitative estimate of drug-likeness (QED) is 0.593. The van der Waals surface area contributed by atoms with E-state index < -0.39 is 21.6 Å². The Hall–Kier alpha value is -2.66. The molecule has 0 aliphatic carbocycles. The lowest BCUT2D eigenvalue weighted by atomic mass is 9.88. The van der Waals surface area contributed by atoms with Crippen LogP contribution in [0.2, 0.25) is 5.02 Å². The van der Waals surface area contributed by atoms with Crippen LogP contribution in [0.25, 0.3) is 0 Å². The van der Waals surface area contributed by atoms with Crippen LogP contribution < -0.4 is 10.5 Å². The maximum Gasteiger partial charge on any atom is 0.353 e. The van der Waals surface area contributed by atoms with Crippen molar-refractivity contribution in [2.24, 2.45) is 10.9 Å². The Bertz CT molecular complexity index is 1140. The predicted octanol–water partition coefficient (Wildman–Crippen LogP) is 3.31. The average molecular weight is 524 g/mol. The van der Waals surface area contributed by atoms with E-state index in [0.29, 0.717) is 18.6 Å². The second kappa shape index (κ2) is 11.4. The highest BCUT2D eigenvalue weighted by Gasteiger charge is 2.45. The molecule has 2 heterocycles. The second-order valence-electron chi connectivity index (χ2n) is 8.68. The number of carboxylic acids is 1. The highest BCUT2D eigenvalue weighted by molar-refractivity contribution is 7.89. The molecular weight excluding hydrogens is 494 g/mol. The van der Waals surface area contributed by atoms with Crippen LogP contribution >= 0.6 is 11.6 Å². The minimum atomic E-state index is -3.59. The third kappa shape index (κ3) is 6.94. The van der Waals surface area contributed by atoms with Crippen LogP contribution in [-0.2, 0) is 26.1 Å². The molecule has 1 spiro atoms. The Morgan fingerprint density at radius 3 is 2.29 bits per heavy atom. The number of methoxy groups -OCH3 is 1. The molecule has 1 unspecified atom stereocenters. The van der Waals surface area contributed by atoms with Gasteiger partial charge in [0.1, 0.15) is 11.4 Å². The number of nitrogens with zero attached hydrogens (tertiary/aromatic N) is 2. The van der Waals surface area contributed by atoms with Crippen LogP contribution in [-0.4, -0.2) is 61.4 Å². The van der Waals surface area contributed by atoms with Gasteiger partial charge in [0.25, 0.3) is 0 Å². The van der Waals surface area contributed by atoms with Crippen molar-refractivity contribution in [2.75, 3.05) is 20.2 Å². The van der Waals surface area contributed by atoms with Gasteiger partial charge in [-0.2, -0.15) is 4.31 Å². The van der Waals surface area contributed by atoms with Gasteiger partial charge in [-0.05, 0) is 55.3 Å². The Labute approximate surface area is 210 Å². The third-order valence-electron chi connectivity index (χ3n) is 5.89. The van der Waals surface area contributed by atoms with Gasteiger partial charge in [-0.15, -0.1) is 0 Å². The van der Waals surface area contributed by atoms with Crippen LogP contribution in [0.1, 0.15) is 31.7 Å². The summed E-state index contributed by atoms with van der Waals surface area (Å²) in [5.41, 5.74) is 6.16. The number of oxime groups is 1. The van der Waals surface area contributed by atoms with Crippen molar-refractivity contribution in [2.45, 2.75) is 49.1 Å². The number of hydrogen-bond donors (Lipinski definition) is 2.